The van der Waals surface area contributed by atoms with Crippen LogP contribution in [0.1, 0.15) is 23.2 Å². The molecule has 0 amide bonds. The van der Waals surface area contributed by atoms with Crippen molar-refractivity contribution in [2.75, 3.05) is 0 Å². The molecule has 0 atom stereocenters. The van der Waals surface area contributed by atoms with E-state index < -0.39 is 48.1 Å². The molecule has 1 heterocycles. The van der Waals surface area contributed by atoms with Gasteiger partial charge in [-0.05, 0) is 0 Å². The summed E-state index contributed by atoms with van der Waals surface area (Å²) in [6.07, 6.45) is -14.2. The first-order chi connectivity index (χ1) is 8.97. The number of pyridine rings is 1. The van der Waals surface area contributed by atoms with Crippen molar-refractivity contribution in [3.05, 3.63) is 23.0 Å². The largest absolute Gasteiger partial charge is 0.573 e. The highest BCUT2D eigenvalue weighted by Crippen LogP contribution is 2.40. The Morgan fingerprint density at radius 1 is 1.15 bits per heavy atom. The minimum atomic E-state index is -5.27. The van der Waals surface area contributed by atoms with E-state index in [1.54, 1.807) is 0 Å². The van der Waals surface area contributed by atoms with Crippen molar-refractivity contribution in [2.45, 2.75) is 25.5 Å². The third-order valence-corrected chi connectivity index (χ3v) is 2.11. The van der Waals surface area contributed by atoms with Crippen LogP contribution < -0.4 is 10.5 Å². The van der Waals surface area contributed by atoms with E-state index in [0.29, 0.717) is 0 Å². The second-order valence-corrected chi connectivity index (χ2v) is 3.41. The number of alkyl halides is 8. The first kappa shape index (κ1) is 16.4. The topological polar surface area (TPSA) is 48.1 Å². The fourth-order valence-corrected chi connectivity index (χ4v) is 1.43. The Morgan fingerprint density at radius 2 is 1.70 bits per heavy atom. The summed E-state index contributed by atoms with van der Waals surface area (Å²) in [6, 6.07) is 0. The van der Waals surface area contributed by atoms with Gasteiger partial charge in [0.1, 0.15) is 0 Å². The van der Waals surface area contributed by atoms with E-state index in [-0.39, 0.29) is 6.20 Å². The Morgan fingerprint density at radius 3 is 2.05 bits per heavy atom. The first-order valence-corrected chi connectivity index (χ1v) is 4.80. The Labute approximate surface area is 106 Å². The third kappa shape index (κ3) is 3.68. The zero-order valence-corrected chi connectivity index (χ0v) is 9.32. The lowest BCUT2D eigenvalue weighted by molar-refractivity contribution is -0.275. The highest BCUT2D eigenvalue weighted by atomic mass is 19.4. The molecule has 3 nitrogen and oxygen atoms in total. The minimum absolute atomic E-state index is 0.0599. The highest BCUT2D eigenvalue weighted by molar-refractivity contribution is 5.42. The molecular weight excluding hydrogens is 304 g/mol. The van der Waals surface area contributed by atoms with E-state index in [4.69, 9.17) is 5.73 Å². The molecule has 0 saturated heterocycles. The maximum absolute atomic E-state index is 12.7. The number of rotatable bonds is 3. The highest BCUT2D eigenvalue weighted by Gasteiger charge is 2.41. The number of nitrogens with zero attached hydrogens (tertiary/aromatic N) is 1. The zero-order valence-electron chi connectivity index (χ0n) is 9.32. The molecule has 0 spiro atoms. The summed E-state index contributed by atoms with van der Waals surface area (Å²) >= 11 is 0. The monoisotopic (exact) mass is 310 g/mol. The summed E-state index contributed by atoms with van der Waals surface area (Å²) in [5.41, 5.74) is 0.129. The number of ether oxygens (including phenoxy) is 1. The molecule has 0 bridgehead atoms. The van der Waals surface area contributed by atoms with Crippen LogP contribution in [0.15, 0.2) is 6.20 Å². The maximum atomic E-state index is 12.7. The van der Waals surface area contributed by atoms with Crippen LogP contribution >= 0.6 is 0 Å². The van der Waals surface area contributed by atoms with Gasteiger partial charge in [0, 0.05) is 12.1 Å². The second-order valence-electron chi connectivity index (χ2n) is 3.41. The van der Waals surface area contributed by atoms with Gasteiger partial charge in [0.2, 0.25) is 0 Å². The summed E-state index contributed by atoms with van der Waals surface area (Å²) < 4.78 is 102. The second kappa shape index (κ2) is 5.38. The number of nitrogens with two attached hydrogens (primary N) is 1. The molecule has 0 radical (unpaired) electrons. The summed E-state index contributed by atoms with van der Waals surface area (Å²) in [6.45, 7) is -1.00. The van der Waals surface area contributed by atoms with E-state index in [9.17, 15) is 35.1 Å². The molecule has 0 aromatic carbocycles. The lowest BCUT2D eigenvalue weighted by Crippen LogP contribution is -2.22. The van der Waals surface area contributed by atoms with Gasteiger partial charge in [-0.1, -0.05) is 0 Å². The molecular formula is C9H6F8N2O. The van der Waals surface area contributed by atoms with Crippen molar-refractivity contribution in [3.63, 3.8) is 0 Å². The molecule has 0 aliphatic rings. The van der Waals surface area contributed by atoms with E-state index in [1.807, 2.05) is 0 Å². The standard InChI is InChI=1S/C9H6F8N2O/c10-7(11)5-3(1-18)4(20-9(15,16)17)2-19-6(5)8(12,13)14/h2,7H,1,18H2. The fraction of sp³-hybridized carbons (Fsp3) is 0.444. The van der Waals surface area contributed by atoms with Gasteiger partial charge in [-0.15, -0.1) is 13.2 Å². The predicted octanol–water partition coefficient (Wildman–Crippen LogP) is 3.40. The smallest absolute Gasteiger partial charge is 0.404 e. The van der Waals surface area contributed by atoms with Gasteiger partial charge in [-0.3, -0.25) is 0 Å². The SMILES string of the molecule is NCc1c(OC(F)(F)F)cnc(C(F)(F)F)c1C(F)F. The number of hydrogen-bond acceptors (Lipinski definition) is 3. The maximum Gasteiger partial charge on any atom is 0.573 e. The van der Waals surface area contributed by atoms with Gasteiger partial charge in [-0.25, -0.2) is 13.8 Å². The van der Waals surface area contributed by atoms with Crippen LogP contribution in [0, 0.1) is 0 Å². The average Bonchev–Trinajstić information content (AvgIpc) is 2.24. The van der Waals surface area contributed by atoms with Crippen molar-refractivity contribution in [2.24, 2.45) is 5.73 Å². The summed E-state index contributed by atoms with van der Waals surface area (Å²) in [5, 5.41) is 0. The fourth-order valence-electron chi connectivity index (χ4n) is 1.43. The number of aromatic nitrogens is 1. The molecule has 20 heavy (non-hydrogen) atoms. The summed E-state index contributed by atoms with van der Waals surface area (Å²) in [5.74, 6) is -1.29. The minimum Gasteiger partial charge on any atom is -0.404 e. The van der Waals surface area contributed by atoms with Crippen LogP contribution in [0.4, 0.5) is 35.1 Å². The molecule has 1 aromatic heterocycles. The van der Waals surface area contributed by atoms with E-state index in [0.717, 1.165) is 0 Å². The number of halogens is 8. The van der Waals surface area contributed by atoms with Crippen LogP contribution in [-0.2, 0) is 12.7 Å². The molecule has 0 saturated carbocycles. The van der Waals surface area contributed by atoms with Crippen molar-refractivity contribution >= 4 is 0 Å². The van der Waals surface area contributed by atoms with Crippen LogP contribution in [-0.4, -0.2) is 11.3 Å². The van der Waals surface area contributed by atoms with Crippen LogP contribution in [0.2, 0.25) is 0 Å². The Hall–Kier alpha value is -1.65. The van der Waals surface area contributed by atoms with Gasteiger partial charge in [0.05, 0.1) is 11.8 Å². The summed E-state index contributed by atoms with van der Waals surface area (Å²) in [7, 11) is 0. The van der Waals surface area contributed by atoms with Crippen molar-refractivity contribution in [3.8, 4) is 5.75 Å². The van der Waals surface area contributed by atoms with Crippen molar-refractivity contribution in [1.82, 2.24) is 4.98 Å². The molecule has 2 N–H and O–H groups in total. The Balaban J connectivity index is 3.50. The molecule has 0 fully saturated rings. The van der Waals surface area contributed by atoms with Crippen LogP contribution in [0.3, 0.4) is 0 Å². The Kier molecular flexibility index (Phi) is 4.42. The predicted molar refractivity (Wildman–Crippen MR) is 48.8 cm³/mol. The van der Waals surface area contributed by atoms with Crippen molar-refractivity contribution in [1.29, 1.82) is 0 Å². The molecule has 114 valence electrons. The van der Waals surface area contributed by atoms with Gasteiger partial charge >= 0.3 is 12.5 Å². The third-order valence-electron chi connectivity index (χ3n) is 2.11. The first-order valence-electron chi connectivity index (χ1n) is 4.80. The average molecular weight is 310 g/mol. The van der Waals surface area contributed by atoms with Crippen LogP contribution in [0.25, 0.3) is 0 Å². The van der Waals surface area contributed by atoms with E-state index >= 15 is 0 Å². The van der Waals surface area contributed by atoms with Gasteiger partial charge in [0.25, 0.3) is 6.43 Å². The molecule has 11 heteroatoms. The van der Waals surface area contributed by atoms with Crippen molar-refractivity contribution < 1.29 is 39.9 Å². The molecule has 1 aromatic rings. The van der Waals surface area contributed by atoms with Gasteiger partial charge in [0.15, 0.2) is 11.4 Å². The van der Waals surface area contributed by atoms with E-state index in [2.05, 4.69) is 9.72 Å². The normalized spacial score (nSPS) is 12.9. The number of hydrogen-bond donors (Lipinski definition) is 1. The lowest BCUT2D eigenvalue weighted by atomic mass is 10.1. The van der Waals surface area contributed by atoms with E-state index in [1.165, 1.54) is 0 Å². The quantitative estimate of drug-likeness (QED) is 0.871. The van der Waals surface area contributed by atoms with Gasteiger partial charge in [-0.2, -0.15) is 13.2 Å². The lowest BCUT2D eigenvalue weighted by Gasteiger charge is -2.18. The molecule has 0 aliphatic carbocycles. The molecule has 1 rings (SSSR count). The zero-order chi connectivity index (χ0) is 15.7. The van der Waals surface area contributed by atoms with Crippen LogP contribution in [0.5, 0.6) is 5.75 Å². The molecule has 0 aliphatic heterocycles. The Bertz CT molecular complexity index is 482. The van der Waals surface area contributed by atoms with Gasteiger partial charge < -0.3 is 10.5 Å². The summed E-state index contributed by atoms with van der Waals surface area (Å²) in [4.78, 5) is 2.58. The molecule has 0 unspecified atom stereocenters.